The largest absolute Gasteiger partial charge is 0.387 e. The molecule has 1 atom stereocenters. The fraction of sp³-hybridized carbons (Fsp3) is 0.500. The van der Waals surface area contributed by atoms with Gasteiger partial charge in [0.15, 0.2) is 11.5 Å². The van der Waals surface area contributed by atoms with Crippen LogP contribution < -0.4 is 26.2 Å². The summed E-state index contributed by atoms with van der Waals surface area (Å²) in [6, 6.07) is 7.41. The van der Waals surface area contributed by atoms with E-state index in [9.17, 15) is 14.7 Å². The molecule has 4 rings (SSSR count). The lowest BCUT2D eigenvalue weighted by Crippen LogP contribution is -2.44. The predicted octanol–water partition coefficient (Wildman–Crippen LogP) is 2.16. The van der Waals surface area contributed by atoms with Crippen LogP contribution in [0.3, 0.4) is 0 Å². The lowest BCUT2D eigenvalue weighted by molar-refractivity contribution is -0.121. The minimum absolute atomic E-state index is 0.0489. The Morgan fingerprint density at radius 3 is 2.62 bits per heavy atom. The summed E-state index contributed by atoms with van der Waals surface area (Å²) in [5.41, 5.74) is 2.13. The van der Waals surface area contributed by atoms with E-state index >= 15 is 0 Å². The van der Waals surface area contributed by atoms with Crippen LogP contribution in [0.4, 0.5) is 16.3 Å². The molecule has 0 saturated carbocycles. The maximum atomic E-state index is 12.1. The van der Waals surface area contributed by atoms with E-state index in [1.165, 1.54) is 11.9 Å². The molecular formula is C26H36ClN9O3. The second kappa shape index (κ2) is 12.1. The van der Waals surface area contributed by atoms with Gasteiger partial charge in [-0.3, -0.25) is 4.79 Å². The third-order valence-electron chi connectivity index (χ3n) is 6.60. The van der Waals surface area contributed by atoms with E-state index in [1.54, 1.807) is 0 Å². The zero-order valence-corrected chi connectivity index (χ0v) is 23.2. The molecule has 1 unspecified atom stereocenters. The molecule has 2 aromatic heterocycles. The average molecular weight is 558 g/mol. The molecule has 3 amide bonds. The van der Waals surface area contributed by atoms with Crippen LogP contribution in [0, 0.1) is 0 Å². The van der Waals surface area contributed by atoms with Gasteiger partial charge in [0, 0.05) is 51.4 Å². The van der Waals surface area contributed by atoms with Gasteiger partial charge in [-0.25, -0.2) is 9.78 Å². The number of nitrogens with one attached hydrogen (secondary N) is 5. The number of rotatable bonds is 10. The van der Waals surface area contributed by atoms with Crippen LogP contribution in [0.2, 0.25) is 5.28 Å². The lowest BCUT2D eigenvalue weighted by Gasteiger charge is -2.24. The molecule has 0 aliphatic carbocycles. The van der Waals surface area contributed by atoms with E-state index in [0.717, 1.165) is 0 Å². The molecule has 0 spiro atoms. The highest BCUT2D eigenvalue weighted by atomic mass is 35.5. The van der Waals surface area contributed by atoms with Crippen LogP contribution >= 0.6 is 11.6 Å². The van der Waals surface area contributed by atoms with Crippen molar-refractivity contribution in [3.8, 4) is 0 Å². The van der Waals surface area contributed by atoms with Gasteiger partial charge in [-0.05, 0) is 41.1 Å². The lowest BCUT2D eigenvalue weighted by atomic mass is 9.87. The maximum Gasteiger partial charge on any atom is 0.319 e. The minimum atomic E-state index is -0.968. The van der Waals surface area contributed by atoms with Crippen molar-refractivity contribution in [3.63, 3.8) is 0 Å². The fourth-order valence-corrected chi connectivity index (χ4v) is 4.58. The maximum absolute atomic E-state index is 12.1. The molecule has 1 saturated heterocycles. The molecular weight excluding hydrogens is 522 g/mol. The van der Waals surface area contributed by atoms with Crippen molar-refractivity contribution < 1.29 is 14.7 Å². The van der Waals surface area contributed by atoms with E-state index in [-0.39, 0.29) is 29.1 Å². The highest BCUT2D eigenvalue weighted by Gasteiger charge is 2.37. The van der Waals surface area contributed by atoms with Crippen molar-refractivity contribution in [2.75, 3.05) is 49.5 Å². The van der Waals surface area contributed by atoms with Gasteiger partial charge >= 0.3 is 6.03 Å². The average Bonchev–Trinajstić information content (AvgIpc) is 3.51. The molecule has 3 heterocycles. The number of carbonyl (C=O) groups excluding carboxylic acids is 2. The van der Waals surface area contributed by atoms with Crippen molar-refractivity contribution in [2.24, 2.45) is 0 Å². The highest BCUT2D eigenvalue weighted by Crippen LogP contribution is 2.30. The number of urea groups is 1. The summed E-state index contributed by atoms with van der Waals surface area (Å²) in [6.45, 7) is 8.74. The Balaban J connectivity index is 1.10. The number of aromatic amines is 1. The molecule has 0 radical (unpaired) electrons. The van der Waals surface area contributed by atoms with Crippen molar-refractivity contribution in [1.29, 1.82) is 0 Å². The van der Waals surface area contributed by atoms with Gasteiger partial charge in [0.2, 0.25) is 11.2 Å². The SMILES string of the molecule is CC(C)(C)c1ccc(NC(=O)NCCNC(=O)CCNCC2(O)CCN(c3nc(Cl)nc4nc[nH]c34)C2)cc1. The quantitative estimate of drug-likeness (QED) is 0.163. The number of aromatic nitrogens is 4. The first kappa shape index (κ1) is 28.5. The van der Waals surface area contributed by atoms with Crippen LogP contribution in [0.25, 0.3) is 11.2 Å². The zero-order chi connectivity index (χ0) is 28.0. The number of halogens is 1. The van der Waals surface area contributed by atoms with E-state index in [4.69, 9.17) is 11.6 Å². The molecule has 1 aliphatic heterocycles. The number of nitrogens with zero attached hydrogens (tertiary/aromatic N) is 4. The van der Waals surface area contributed by atoms with Gasteiger partial charge in [-0.1, -0.05) is 32.9 Å². The topological polar surface area (TPSA) is 160 Å². The highest BCUT2D eigenvalue weighted by molar-refractivity contribution is 6.28. The molecule has 12 nitrogen and oxygen atoms in total. The Labute approximate surface area is 232 Å². The molecule has 3 aromatic rings. The van der Waals surface area contributed by atoms with Gasteiger partial charge in [0.05, 0.1) is 11.9 Å². The van der Waals surface area contributed by atoms with Crippen molar-refractivity contribution in [3.05, 3.63) is 41.4 Å². The van der Waals surface area contributed by atoms with Crippen LogP contribution in [0.15, 0.2) is 30.6 Å². The van der Waals surface area contributed by atoms with Gasteiger partial charge in [0.25, 0.3) is 0 Å². The van der Waals surface area contributed by atoms with Crippen molar-refractivity contribution >= 4 is 46.2 Å². The first-order valence-electron chi connectivity index (χ1n) is 13.0. The number of imidazole rings is 1. The number of benzene rings is 1. The Hall–Kier alpha value is -3.48. The standard InChI is InChI=1S/C26H36ClN9O3/c1-25(2,3)17-4-6-18(7-5-17)33-24(38)30-12-11-29-19(37)8-10-28-14-26(39)9-13-36(15-26)22-20-21(32-16-31-20)34-23(27)35-22/h4-7,16,28,39H,8-15H2,1-3H3,(H,29,37)(H2,30,33,38)(H,31,32,34,35). The molecule has 210 valence electrons. The van der Waals surface area contributed by atoms with Crippen molar-refractivity contribution in [2.45, 2.75) is 44.6 Å². The number of carbonyl (C=O) groups is 2. The first-order valence-corrected chi connectivity index (χ1v) is 13.4. The molecule has 39 heavy (non-hydrogen) atoms. The second-order valence-corrected chi connectivity index (χ2v) is 11.1. The fourth-order valence-electron chi connectivity index (χ4n) is 4.42. The number of fused-ring (bicyclic) bond motifs is 1. The number of β-amino-alcohol motifs (C(OH)–C–C–N with tert-alkyl or cyclic N) is 1. The normalized spacial score (nSPS) is 17.4. The smallest absolute Gasteiger partial charge is 0.319 e. The third kappa shape index (κ3) is 7.78. The summed E-state index contributed by atoms with van der Waals surface area (Å²) in [6.07, 6.45) is 2.33. The summed E-state index contributed by atoms with van der Waals surface area (Å²) in [5.74, 6) is 0.471. The third-order valence-corrected chi connectivity index (χ3v) is 6.76. The molecule has 0 bridgehead atoms. The summed E-state index contributed by atoms with van der Waals surface area (Å²) in [4.78, 5) is 41.8. The summed E-state index contributed by atoms with van der Waals surface area (Å²) >= 11 is 6.03. The van der Waals surface area contributed by atoms with Crippen LogP contribution in [-0.2, 0) is 10.2 Å². The molecule has 1 aliphatic rings. The number of hydrogen-bond acceptors (Lipinski definition) is 8. The zero-order valence-electron chi connectivity index (χ0n) is 22.5. The monoisotopic (exact) mass is 557 g/mol. The van der Waals surface area contributed by atoms with E-state index in [2.05, 4.69) is 62.0 Å². The van der Waals surface area contributed by atoms with Crippen LogP contribution in [-0.4, -0.2) is 81.9 Å². The Bertz CT molecular complexity index is 1290. The van der Waals surface area contributed by atoms with E-state index in [0.29, 0.717) is 68.4 Å². The summed E-state index contributed by atoms with van der Waals surface area (Å²) in [5, 5.41) is 22.6. The van der Waals surface area contributed by atoms with E-state index < -0.39 is 5.60 Å². The molecule has 1 fully saturated rings. The molecule has 6 N–H and O–H groups in total. The number of hydrogen-bond donors (Lipinski definition) is 6. The molecule has 13 heteroatoms. The molecule has 1 aromatic carbocycles. The van der Waals surface area contributed by atoms with Gasteiger partial charge in [-0.15, -0.1) is 0 Å². The Morgan fingerprint density at radius 1 is 1.13 bits per heavy atom. The summed E-state index contributed by atoms with van der Waals surface area (Å²) in [7, 11) is 0. The first-order chi connectivity index (χ1) is 18.5. The van der Waals surface area contributed by atoms with Gasteiger partial charge in [-0.2, -0.15) is 9.97 Å². The predicted molar refractivity (Wildman–Crippen MR) is 151 cm³/mol. The van der Waals surface area contributed by atoms with Gasteiger partial charge < -0.3 is 36.3 Å². The van der Waals surface area contributed by atoms with E-state index in [1.807, 2.05) is 29.2 Å². The number of H-pyrrole nitrogens is 1. The summed E-state index contributed by atoms with van der Waals surface area (Å²) < 4.78 is 0. The van der Waals surface area contributed by atoms with Gasteiger partial charge in [0.1, 0.15) is 5.52 Å². The number of amides is 3. The van der Waals surface area contributed by atoms with Crippen LogP contribution in [0.5, 0.6) is 0 Å². The Kier molecular flexibility index (Phi) is 8.88. The minimum Gasteiger partial charge on any atom is -0.387 e. The second-order valence-electron chi connectivity index (χ2n) is 10.8. The number of anilines is 2. The Morgan fingerprint density at radius 2 is 1.87 bits per heavy atom. The van der Waals surface area contributed by atoms with Crippen molar-refractivity contribution in [1.82, 2.24) is 35.9 Å². The number of aliphatic hydroxyl groups is 1. The van der Waals surface area contributed by atoms with Crippen LogP contribution in [0.1, 0.15) is 39.2 Å².